The maximum absolute atomic E-state index is 5.92. The smallest absolute Gasteiger partial charge is 0.0977 e. The first kappa shape index (κ1) is 11.9. The van der Waals surface area contributed by atoms with Crippen molar-refractivity contribution in [1.82, 2.24) is 9.97 Å². The Labute approximate surface area is 115 Å². The number of nitrogens with two attached hydrogens (primary N) is 1. The molecule has 19 heavy (non-hydrogen) atoms. The largest absolute Gasteiger partial charge is 0.398 e. The van der Waals surface area contributed by atoms with Crippen molar-refractivity contribution in [3.05, 3.63) is 64.7 Å². The van der Waals surface area contributed by atoms with Gasteiger partial charge in [0.05, 0.1) is 10.7 Å². The molecule has 0 aliphatic heterocycles. The summed E-state index contributed by atoms with van der Waals surface area (Å²) in [5, 5.41) is 3.13. The van der Waals surface area contributed by atoms with Crippen LogP contribution in [0.2, 0.25) is 0 Å². The first-order chi connectivity index (χ1) is 9.33. The highest BCUT2D eigenvalue weighted by Gasteiger charge is 2.07. The molecule has 3 nitrogen and oxygen atoms in total. The van der Waals surface area contributed by atoms with Gasteiger partial charge in [0.2, 0.25) is 0 Å². The van der Waals surface area contributed by atoms with Crippen LogP contribution in [-0.4, -0.2) is 9.97 Å². The molecule has 3 rings (SSSR count). The molecule has 0 radical (unpaired) electrons. The minimum Gasteiger partial charge on any atom is -0.398 e. The summed E-state index contributed by atoms with van der Waals surface area (Å²) < 4.78 is 0. The third-order valence-electron chi connectivity index (χ3n) is 2.90. The van der Waals surface area contributed by atoms with Crippen molar-refractivity contribution in [2.24, 2.45) is 0 Å². The summed E-state index contributed by atoms with van der Waals surface area (Å²) in [6.07, 6.45) is 4.24. The minimum absolute atomic E-state index is 0.733. The van der Waals surface area contributed by atoms with Crippen LogP contribution in [0.5, 0.6) is 0 Å². The van der Waals surface area contributed by atoms with E-state index in [4.69, 9.17) is 5.73 Å². The molecule has 2 aromatic heterocycles. The van der Waals surface area contributed by atoms with Gasteiger partial charge in [0.1, 0.15) is 0 Å². The predicted molar refractivity (Wildman–Crippen MR) is 79.0 cm³/mol. The maximum atomic E-state index is 5.92. The van der Waals surface area contributed by atoms with E-state index in [-0.39, 0.29) is 0 Å². The molecule has 4 heteroatoms. The van der Waals surface area contributed by atoms with E-state index < -0.39 is 0 Å². The number of hydrogen-bond acceptors (Lipinski definition) is 4. The van der Waals surface area contributed by atoms with Gasteiger partial charge in [0.15, 0.2) is 0 Å². The Morgan fingerprint density at radius 1 is 1.11 bits per heavy atom. The van der Waals surface area contributed by atoms with Gasteiger partial charge in [-0.15, -0.1) is 11.3 Å². The molecule has 0 saturated carbocycles. The number of rotatable bonds is 3. The van der Waals surface area contributed by atoms with Crippen LogP contribution in [0.1, 0.15) is 10.6 Å². The van der Waals surface area contributed by atoms with E-state index in [2.05, 4.69) is 27.5 Å². The fraction of sp³-hybridized carbons (Fsp3) is 0.0667. The van der Waals surface area contributed by atoms with Crippen molar-refractivity contribution in [3.8, 4) is 11.3 Å². The molecule has 2 N–H and O–H groups in total. The highest BCUT2D eigenvalue weighted by atomic mass is 32.1. The predicted octanol–water partition coefficient (Wildman–Crippen LogP) is 3.38. The summed E-state index contributed by atoms with van der Waals surface area (Å²) in [5.41, 5.74) is 9.88. The van der Waals surface area contributed by atoms with Crippen molar-refractivity contribution in [2.45, 2.75) is 6.42 Å². The van der Waals surface area contributed by atoms with Gasteiger partial charge in [-0.3, -0.25) is 4.98 Å². The highest BCUT2D eigenvalue weighted by Crippen LogP contribution is 2.24. The standard InChI is InChI=1S/C15H13N3S/c16-13-6-7-17-9-12(13)8-15-18-14(10-19-15)11-4-2-1-3-5-11/h1-7,9-10H,8H2,(H2,16,17). The number of pyridine rings is 1. The lowest BCUT2D eigenvalue weighted by Crippen LogP contribution is -1.96. The molecule has 0 spiro atoms. The third-order valence-corrected chi connectivity index (χ3v) is 3.75. The zero-order valence-electron chi connectivity index (χ0n) is 10.3. The topological polar surface area (TPSA) is 51.8 Å². The summed E-state index contributed by atoms with van der Waals surface area (Å²) in [5.74, 6) is 0. The zero-order chi connectivity index (χ0) is 13.1. The molecule has 94 valence electrons. The van der Waals surface area contributed by atoms with E-state index in [1.54, 1.807) is 23.7 Å². The van der Waals surface area contributed by atoms with E-state index in [0.29, 0.717) is 0 Å². The molecule has 3 aromatic rings. The molecule has 1 aromatic carbocycles. The van der Waals surface area contributed by atoms with E-state index >= 15 is 0 Å². The summed E-state index contributed by atoms with van der Waals surface area (Å²) in [4.78, 5) is 8.76. The van der Waals surface area contributed by atoms with Crippen LogP contribution in [0.3, 0.4) is 0 Å². The molecular formula is C15H13N3S. The van der Waals surface area contributed by atoms with Gasteiger partial charge in [0, 0.05) is 41.0 Å². The summed E-state index contributed by atoms with van der Waals surface area (Å²) in [6, 6.07) is 12.0. The van der Waals surface area contributed by atoms with Crippen molar-refractivity contribution in [1.29, 1.82) is 0 Å². The Balaban J connectivity index is 1.85. The molecule has 0 amide bonds. The summed E-state index contributed by atoms with van der Waals surface area (Å²) in [6.45, 7) is 0. The highest BCUT2D eigenvalue weighted by molar-refractivity contribution is 7.10. The number of hydrogen-bond donors (Lipinski definition) is 1. The number of nitrogen functional groups attached to an aromatic ring is 1. The van der Waals surface area contributed by atoms with Gasteiger partial charge in [-0.25, -0.2) is 4.98 Å². The van der Waals surface area contributed by atoms with Crippen LogP contribution in [0.4, 0.5) is 5.69 Å². The van der Waals surface area contributed by atoms with Crippen LogP contribution in [0, 0.1) is 0 Å². The third kappa shape index (κ3) is 2.63. The molecule has 0 fully saturated rings. The second kappa shape index (κ2) is 5.20. The van der Waals surface area contributed by atoms with Crippen LogP contribution < -0.4 is 5.73 Å². The first-order valence-corrected chi connectivity index (χ1v) is 6.89. The molecule has 0 unspecified atom stereocenters. The van der Waals surface area contributed by atoms with Crippen LogP contribution in [-0.2, 0) is 6.42 Å². The van der Waals surface area contributed by atoms with Crippen LogP contribution in [0.15, 0.2) is 54.2 Å². The zero-order valence-corrected chi connectivity index (χ0v) is 11.1. The fourth-order valence-corrected chi connectivity index (χ4v) is 2.71. The number of aromatic nitrogens is 2. The molecule has 2 heterocycles. The summed E-state index contributed by atoms with van der Waals surface area (Å²) >= 11 is 1.65. The number of anilines is 1. The van der Waals surface area contributed by atoms with Crippen molar-refractivity contribution >= 4 is 17.0 Å². The van der Waals surface area contributed by atoms with Crippen molar-refractivity contribution in [2.75, 3.05) is 5.73 Å². The van der Waals surface area contributed by atoms with Gasteiger partial charge >= 0.3 is 0 Å². The second-order valence-corrected chi connectivity index (χ2v) is 5.19. The van der Waals surface area contributed by atoms with Crippen molar-refractivity contribution in [3.63, 3.8) is 0 Å². The number of benzene rings is 1. The van der Waals surface area contributed by atoms with E-state index in [0.717, 1.165) is 33.9 Å². The first-order valence-electron chi connectivity index (χ1n) is 6.01. The minimum atomic E-state index is 0.733. The Hall–Kier alpha value is -2.20. The van der Waals surface area contributed by atoms with Gasteiger partial charge in [-0.2, -0.15) is 0 Å². The Bertz CT molecular complexity index is 677. The Morgan fingerprint density at radius 3 is 2.74 bits per heavy atom. The molecule has 0 atom stereocenters. The normalized spacial score (nSPS) is 10.5. The lowest BCUT2D eigenvalue weighted by atomic mass is 10.1. The lowest BCUT2D eigenvalue weighted by Gasteiger charge is -2.01. The van der Waals surface area contributed by atoms with Crippen molar-refractivity contribution < 1.29 is 0 Å². The summed E-state index contributed by atoms with van der Waals surface area (Å²) in [7, 11) is 0. The average molecular weight is 267 g/mol. The van der Waals surface area contributed by atoms with Crippen LogP contribution in [0.25, 0.3) is 11.3 Å². The average Bonchev–Trinajstić information content (AvgIpc) is 2.91. The Morgan fingerprint density at radius 2 is 1.95 bits per heavy atom. The SMILES string of the molecule is Nc1ccncc1Cc1nc(-c2ccccc2)cs1. The monoisotopic (exact) mass is 267 g/mol. The van der Waals surface area contributed by atoms with E-state index in [1.807, 2.05) is 24.3 Å². The molecule has 0 aliphatic carbocycles. The molecular weight excluding hydrogens is 254 g/mol. The lowest BCUT2D eigenvalue weighted by molar-refractivity contribution is 1.12. The molecule has 0 aliphatic rings. The van der Waals surface area contributed by atoms with Gasteiger partial charge in [-0.1, -0.05) is 30.3 Å². The van der Waals surface area contributed by atoms with E-state index in [1.165, 1.54) is 0 Å². The molecule has 0 bridgehead atoms. The van der Waals surface area contributed by atoms with Gasteiger partial charge in [0.25, 0.3) is 0 Å². The van der Waals surface area contributed by atoms with E-state index in [9.17, 15) is 0 Å². The maximum Gasteiger partial charge on any atom is 0.0977 e. The van der Waals surface area contributed by atoms with Gasteiger partial charge < -0.3 is 5.73 Å². The molecule has 0 saturated heterocycles. The van der Waals surface area contributed by atoms with Gasteiger partial charge in [-0.05, 0) is 6.07 Å². The Kier molecular flexibility index (Phi) is 3.25. The fourth-order valence-electron chi connectivity index (χ4n) is 1.88. The number of nitrogens with zero attached hydrogens (tertiary/aromatic N) is 2. The second-order valence-electron chi connectivity index (χ2n) is 4.24. The van der Waals surface area contributed by atoms with Crippen LogP contribution >= 0.6 is 11.3 Å². The number of thiazole rings is 1. The quantitative estimate of drug-likeness (QED) is 0.791.